The van der Waals surface area contributed by atoms with Crippen LogP contribution in [0.4, 0.5) is 0 Å². The van der Waals surface area contributed by atoms with Crippen molar-refractivity contribution < 1.29 is 4.74 Å². The van der Waals surface area contributed by atoms with Gasteiger partial charge in [0.1, 0.15) is 5.75 Å². The Morgan fingerprint density at radius 2 is 1.95 bits per heavy atom. The number of rotatable bonds is 9. The lowest BCUT2D eigenvalue weighted by Gasteiger charge is -2.18. The average molecular weight is 356 g/mol. The van der Waals surface area contributed by atoms with E-state index in [1.165, 1.54) is 24.0 Å². The number of hydrogen-bond donors (Lipinski definition) is 1. The SMILES string of the molecule is CCCC(C)COc1c(C)cc(Br)cc1CNCC(C)C. The van der Waals surface area contributed by atoms with E-state index in [0.717, 1.165) is 29.9 Å². The predicted molar refractivity (Wildman–Crippen MR) is 95.0 cm³/mol. The summed E-state index contributed by atoms with van der Waals surface area (Å²) < 4.78 is 7.25. The topological polar surface area (TPSA) is 21.3 Å². The summed E-state index contributed by atoms with van der Waals surface area (Å²) in [6.45, 7) is 13.7. The van der Waals surface area contributed by atoms with Gasteiger partial charge in [-0.2, -0.15) is 0 Å². The van der Waals surface area contributed by atoms with Crippen LogP contribution in [0, 0.1) is 18.8 Å². The van der Waals surface area contributed by atoms with E-state index in [2.05, 4.69) is 68.0 Å². The molecule has 21 heavy (non-hydrogen) atoms. The van der Waals surface area contributed by atoms with Crippen LogP contribution in [0.25, 0.3) is 0 Å². The number of ether oxygens (including phenoxy) is 1. The van der Waals surface area contributed by atoms with Crippen molar-refractivity contribution in [1.29, 1.82) is 0 Å². The zero-order chi connectivity index (χ0) is 15.8. The van der Waals surface area contributed by atoms with Gasteiger partial charge < -0.3 is 10.1 Å². The summed E-state index contributed by atoms with van der Waals surface area (Å²) in [5.74, 6) is 2.32. The van der Waals surface area contributed by atoms with E-state index in [1.54, 1.807) is 0 Å². The number of hydrogen-bond acceptors (Lipinski definition) is 2. The Balaban J connectivity index is 2.75. The van der Waals surface area contributed by atoms with Gasteiger partial charge in [0.15, 0.2) is 0 Å². The van der Waals surface area contributed by atoms with Crippen LogP contribution in [0.15, 0.2) is 16.6 Å². The van der Waals surface area contributed by atoms with Crippen molar-refractivity contribution in [3.8, 4) is 5.75 Å². The molecule has 0 saturated carbocycles. The Kier molecular flexibility index (Phi) is 8.35. The minimum atomic E-state index is 0.606. The summed E-state index contributed by atoms with van der Waals surface area (Å²) >= 11 is 3.59. The Bertz CT molecular complexity index is 431. The highest BCUT2D eigenvalue weighted by Crippen LogP contribution is 2.28. The monoisotopic (exact) mass is 355 g/mol. The summed E-state index contributed by atoms with van der Waals surface area (Å²) in [6.07, 6.45) is 2.43. The van der Waals surface area contributed by atoms with Gasteiger partial charge in [-0.25, -0.2) is 0 Å². The zero-order valence-corrected chi connectivity index (χ0v) is 15.7. The van der Waals surface area contributed by atoms with Gasteiger partial charge >= 0.3 is 0 Å². The molecule has 0 radical (unpaired) electrons. The Hall–Kier alpha value is -0.540. The maximum atomic E-state index is 6.13. The van der Waals surface area contributed by atoms with Crippen LogP contribution in [0.3, 0.4) is 0 Å². The maximum Gasteiger partial charge on any atom is 0.126 e. The maximum absolute atomic E-state index is 6.13. The van der Waals surface area contributed by atoms with Crippen molar-refractivity contribution in [3.63, 3.8) is 0 Å². The molecule has 0 saturated heterocycles. The second-order valence-electron chi connectivity index (χ2n) is 6.44. The van der Waals surface area contributed by atoms with E-state index in [4.69, 9.17) is 4.74 Å². The highest BCUT2D eigenvalue weighted by Gasteiger charge is 2.11. The molecular formula is C18H30BrNO. The van der Waals surface area contributed by atoms with Gasteiger partial charge in [0.05, 0.1) is 6.61 Å². The fourth-order valence-electron chi connectivity index (χ4n) is 2.43. The van der Waals surface area contributed by atoms with Gasteiger partial charge in [-0.15, -0.1) is 0 Å². The minimum absolute atomic E-state index is 0.606. The third-order valence-corrected chi connectivity index (χ3v) is 3.94. The molecule has 1 aromatic rings. The van der Waals surface area contributed by atoms with Crippen molar-refractivity contribution >= 4 is 15.9 Å². The number of benzene rings is 1. The molecule has 1 rings (SSSR count). The smallest absolute Gasteiger partial charge is 0.126 e. The summed E-state index contributed by atoms with van der Waals surface area (Å²) in [5.41, 5.74) is 2.45. The summed E-state index contributed by atoms with van der Waals surface area (Å²) in [6, 6.07) is 4.30. The first kappa shape index (κ1) is 18.5. The van der Waals surface area contributed by atoms with Crippen molar-refractivity contribution in [2.75, 3.05) is 13.2 Å². The molecule has 0 bridgehead atoms. The molecule has 0 fully saturated rings. The Morgan fingerprint density at radius 1 is 1.24 bits per heavy atom. The number of halogens is 1. The van der Waals surface area contributed by atoms with Gasteiger partial charge in [0, 0.05) is 16.6 Å². The molecule has 1 atom stereocenters. The molecule has 1 aromatic carbocycles. The molecule has 0 heterocycles. The molecule has 120 valence electrons. The standard InChI is InChI=1S/C18H30BrNO/c1-6-7-14(4)12-21-18-15(5)8-17(19)9-16(18)11-20-10-13(2)3/h8-9,13-14,20H,6-7,10-12H2,1-5H3. The molecule has 1 unspecified atom stereocenters. The lowest BCUT2D eigenvalue weighted by molar-refractivity contribution is 0.247. The fourth-order valence-corrected chi connectivity index (χ4v) is 3.05. The predicted octanol–water partition coefficient (Wildman–Crippen LogP) is 5.32. The van der Waals surface area contributed by atoms with Crippen molar-refractivity contribution in [2.24, 2.45) is 11.8 Å². The zero-order valence-electron chi connectivity index (χ0n) is 14.1. The first-order valence-electron chi connectivity index (χ1n) is 8.06. The first-order chi connectivity index (χ1) is 9.93. The summed E-state index contributed by atoms with van der Waals surface area (Å²) in [4.78, 5) is 0. The van der Waals surface area contributed by atoms with Crippen LogP contribution in [-0.4, -0.2) is 13.2 Å². The molecule has 0 aliphatic heterocycles. The quantitative estimate of drug-likeness (QED) is 0.647. The molecular weight excluding hydrogens is 326 g/mol. The molecule has 0 amide bonds. The van der Waals surface area contributed by atoms with E-state index in [-0.39, 0.29) is 0 Å². The van der Waals surface area contributed by atoms with Crippen LogP contribution < -0.4 is 10.1 Å². The Morgan fingerprint density at radius 3 is 2.57 bits per heavy atom. The second kappa shape index (κ2) is 9.47. The summed E-state index contributed by atoms with van der Waals surface area (Å²) in [5, 5.41) is 3.51. The van der Waals surface area contributed by atoms with E-state index in [9.17, 15) is 0 Å². The van der Waals surface area contributed by atoms with Crippen molar-refractivity contribution in [1.82, 2.24) is 5.32 Å². The van der Waals surface area contributed by atoms with Gasteiger partial charge in [-0.3, -0.25) is 0 Å². The second-order valence-corrected chi connectivity index (χ2v) is 7.36. The van der Waals surface area contributed by atoms with Crippen LogP contribution in [-0.2, 0) is 6.54 Å². The highest BCUT2D eigenvalue weighted by molar-refractivity contribution is 9.10. The normalized spacial score (nSPS) is 12.7. The first-order valence-corrected chi connectivity index (χ1v) is 8.85. The van der Waals surface area contributed by atoms with Gasteiger partial charge in [-0.1, -0.05) is 50.0 Å². The van der Waals surface area contributed by atoms with Crippen LogP contribution >= 0.6 is 15.9 Å². The van der Waals surface area contributed by atoms with E-state index >= 15 is 0 Å². The Labute approximate surface area is 138 Å². The summed E-state index contributed by atoms with van der Waals surface area (Å²) in [7, 11) is 0. The van der Waals surface area contributed by atoms with E-state index < -0.39 is 0 Å². The largest absolute Gasteiger partial charge is 0.493 e. The molecule has 3 heteroatoms. The van der Waals surface area contributed by atoms with Crippen LogP contribution in [0.2, 0.25) is 0 Å². The lowest BCUT2D eigenvalue weighted by Crippen LogP contribution is -2.20. The van der Waals surface area contributed by atoms with Crippen LogP contribution in [0.5, 0.6) is 5.75 Å². The van der Waals surface area contributed by atoms with Gasteiger partial charge in [-0.05, 0) is 49.4 Å². The molecule has 0 aliphatic rings. The van der Waals surface area contributed by atoms with Crippen molar-refractivity contribution in [3.05, 3.63) is 27.7 Å². The van der Waals surface area contributed by atoms with Crippen molar-refractivity contribution in [2.45, 2.75) is 54.0 Å². The molecule has 0 aliphatic carbocycles. The van der Waals surface area contributed by atoms with Crippen LogP contribution in [0.1, 0.15) is 51.7 Å². The van der Waals surface area contributed by atoms with Gasteiger partial charge in [0.2, 0.25) is 0 Å². The number of nitrogens with one attached hydrogen (secondary N) is 1. The lowest BCUT2D eigenvalue weighted by atomic mass is 10.1. The third kappa shape index (κ3) is 6.84. The van der Waals surface area contributed by atoms with E-state index in [0.29, 0.717) is 11.8 Å². The minimum Gasteiger partial charge on any atom is -0.493 e. The third-order valence-electron chi connectivity index (χ3n) is 3.48. The average Bonchev–Trinajstić information content (AvgIpc) is 2.37. The molecule has 0 spiro atoms. The van der Waals surface area contributed by atoms with E-state index in [1.807, 2.05) is 0 Å². The van der Waals surface area contributed by atoms with Gasteiger partial charge in [0.25, 0.3) is 0 Å². The molecule has 0 aromatic heterocycles. The fraction of sp³-hybridized carbons (Fsp3) is 0.667. The highest BCUT2D eigenvalue weighted by atomic mass is 79.9. The molecule has 2 nitrogen and oxygen atoms in total. The molecule has 1 N–H and O–H groups in total. The number of aryl methyl sites for hydroxylation is 1.